The Morgan fingerprint density at radius 3 is 0.442 bits per heavy atom. The Kier molecular flexibility index (Phi) is 17.9. The lowest BCUT2D eigenvalue weighted by Gasteiger charge is -2.27. The molecule has 18 rings (SSSR count). The van der Waals surface area contributed by atoms with Crippen LogP contribution in [-0.4, -0.2) is 0 Å². The Balaban J connectivity index is 0.000000154. The van der Waals surface area contributed by atoms with Gasteiger partial charge in [0.2, 0.25) is 0 Å². The van der Waals surface area contributed by atoms with E-state index in [4.69, 9.17) is 0 Å². The van der Waals surface area contributed by atoms with Crippen LogP contribution in [0, 0.1) is 0 Å². The second-order valence-corrected chi connectivity index (χ2v) is 26.0. The van der Waals surface area contributed by atoms with Gasteiger partial charge in [0.25, 0.3) is 0 Å². The second kappa shape index (κ2) is 29.2. The zero-order valence-corrected chi connectivity index (χ0v) is 57.4. The lowest BCUT2D eigenvalue weighted by atomic mass is 9.99. The SMILES string of the molecule is c1ccc(N(c2ccc(-c3ccc(-c4ccc(N(c5ccccc5)c5cccc6ccccc56)cc4)cc3)cc2)c2cccc3ccccc23)cc1.c1ccc(N(c2ccc(-c3ccc(-c4ccc(N(c5ccccc5)c5cccc6ccccc56)cc4)cc3)cc2)c2cccc3ccccc23)cc1. The molecule has 0 aliphatic carbocycles. The second-order valence-electron chi connectivity index (χ2n) is 26.0. The highest BCUT2D eigenvalue weighted by Gasteiger charge is 2.21. The zero-order valence-electron chi connectivity index (χ0n) is 57.4. The average Bonchev–Trinajstić information content (AvgIpc) is 0.796. The average molecular weight is 1330 g/mol. The van der Waals surface area contributed by atoms with Gasteiger partial charge in [-0.25, -0.2) is 0 Å². The minimum absolute atomic E-state index is 1.12. The van der Waals surface area contributed by atoms with Crippen LogP contribution in [0.2, 0.25) is 0 Å². The maximum atomic E-state index is 2.35. The first-order chi connectivity index (χ1) is 51.6. The molecule has 0 atom stereocenters. The summed E-state index contributed by atoms with van der Waals surface area (Å²) in [5.41, 5.74) is 23.2. The number of rotatable bonds is 16. The lowest BCUT2D eigenvalue weighted by Crippen LogP contribution is -2.10. The normalized spacial score (nSPS) is 11.1. The van der Waals surface area contributed by atoms with Crippen LogP contribution in [-0.2, 0) is 0 Å². The quantitative estimate of drug-likeness (QED) is 0.0956. The van der Waals surface area contributed by atoms with E-state index in [0.29, 0.717) is 0 Å². The molecule has 0 N–H and O–H groups in total. The van der Waals surface area contributed by atoms with Crippen LogP contribution in [0.15, 0.2) is 437 Å². The predicted molar refractivity (Wildman–Crippen MR) is 443 cm³/mol. The standard InChI is InChI=1S/2C50H36N2/c2*1-3-17-43(18-4-1)51(49-23-11-15-41-13-7-9-21-47(41)49)45-33-29-39(30-34-45)37-25-27-38(28-26-37)40-31-35-46(36-32-40)52(44-19-5-2-6-20-44)50-24-12-16-42-14-8-10-22-48(42)50/h2*1-36H. The smallest absolute Gasteiger partial charge is 0.0540 e. The van der Waals surface area contributed by atoms with E-state index in [1.807, 2.05) is 0 Å². The van der Waals surface area contributed by atoms with Crippen LogP contribution in [0.5, 0.6) is 0 Å². The summed E-state index contributed by atoms with van der Waals surface area (Å²) in [5.74, 6) is 0. The largest absolute Gasteiger partial charge is 0.310 e. The van der Waals surface area contributed by atoms with E-state index in [-0.39, 0.29) is 0 Å². The zero-order chi connectivity index (χ0) is 69.4. The molecule has 0 heterocycles. The van der Waals surface area contributed by atoms with Crippen LogP contribution in [0.25, 0.3) is 87.6 Å². The molecule has 0 fully saturated rings. The predicted octanol–water partition coefficient (Wildman–Crippen LogP) is 28.5. The molecule has 4 nitrogen and oxygen atoms in total. The van der Waals surface area contributed by atoms with Crippen LogP contribution in [0.1, 0.15) is 0 Å². The van der Waals surface area contributed by atoms with Crippen molar-refractivity contribution >= 4 is 111 Å². The lowest BCUT2D eigenvalue weighted by molar-refractivity contribution is 1.30. The third-order valence-corrected chi connectivity index (χ3v) is 19.7. The molecule has 0 radical (unpaired) electrons. The number of hydrogen-bond acceptors (Lipinski definition) is 4. The molecule has 4 heteroatoms. The number of fused-ring (bicyclic) bond motifs is 4. The van der Waals surface area contributed by atoms with Crippen LogP contribution in [0.4, 0.5) is 68.2 Å². The number of hydrogen-bond donors (Lipinski definition) is 0. The van der Waals surface area contributed by atoms with Crippen molar-refractivity contribution in [1.29, 1.82) is 0 Å². The van der Waals surface area contributed by atoms with E-state index < -0.39 is 0 Å². The number of nitrogens with zero attached hydrogens (tertiary/aromatic N) is 4. The Morgan fingerprint density at radius 1 is 0.106 bits per heavy atom. The van der Waals surface area contributed by atoms with Crippen molar-refractivity contribution < 1.29 is 0 Å². The molecular formula is C100H72N4. The summed E-state index contributed by atoms with van der Waals surface area (Å²) in [4.78, 5) is 9.38. The summed E-state index contributed by atoms with van der Waals surface area (Å²) in [6.45, 7) is 0. The van der Waals surface area contributed by atoms with Gasteiger partial charge in [-0.2, -0.15) is 0 Å². The fourth-order valence-corrected chi connectivity index (χ4v) is 14.6. The molecule has 0 saturated heterocycles. The Bertz CT molecular complexity index is 5170. The number of benzene rings is 18. The molecule has 0 amide bonds. The highest BCUT2D eigenvalue weighted by molar-refractivity contribution is 6.03. The van der Waals surface area contributed by atoms with Crippen LogP contribution < -0.4 is 19.6 Å². The van der Waals surface area contributed by atoms with E-state index >= 15 is 0 Å². The van der Waals surface area contributed by atoms with Crippen LogP contribution >= 0.6 is 0 Å². The van der Waals surface area contributed by atoms with Gasteiger partial charge in [0.15, 0.2) is 0 Å². The van der Waals surface area contributed by atoms with Gasteiger partial charge < -0.3 is 19.6 Å². The molecule has 0 bridgehead atoms. The summed E-state index contributed by atoms with van der Waals surface area (Å²) in [5, 5.41) is 9.81. The van der Waals surface area contributed by atoms with Crippen molar-refractivity contribution in [3.05, 3.63) is 437 Å². The van der Waals surface area contributed by atoms with Crippen LogP contribution in [0.3, 0.4) is 0 Å². The highest BCUT2D eigenvalue weighted by Crippen LogP contribution is 2.45. The Hall–Kier alpha value is -13.8. The third-order valence-electron chi connectivity index (χ3n) is 19.7. The maximum absolute atomic E-state index is 2.35. The first-order valence-corrected chi connectivity index (χ1v) is 35.5. The summed E-state index contributed by atoms with van der Waals surface area (Å²) in [6, 6.07) is 156. The van der Waals surface area contributed by atoms with Gasteiger partial charge in [0.1, 0.15) is 0 Å². The monoisotopic (exact) mass is 1330 g/mol. The fraction of sp³-hybridized carbons (Fsp3) is 0. The molecule has 0 aliphatic rings. The molecule has 0 spiro atoms. The van der Waals surface area contributed by atoms with Gasteiger partial charge in [-0.05, 0) is 187 Å². The van der Waals surface area contributed by atoms with E-state index in [0.717, 1.165) is 68.2 Å². The third kappa shape index (κ3) is 13.1. The van der Waals surface area contributed by atoms with Crippen molar-refractivity contribution in [2.75, 3.05) is 19.6 Å². The van der Waals surface area contributed by atoms with Gasteiger partial charge in [-0.3, -0.25) is 0 Å². The topological polar surface area (TPSA) is 13.0 Å². The summed E-state index contributed by atoms with van der Waals surface area (Å²) >= 11 is 0. The number of para-hydroxylation sites is 4. The van der Waals surface area contributed by atoms with E-state index in [1.54, 1.807) is 0 Å². The van der Waals surface area contributed by atoms with Gasteiger partial charge in [-0.15, -0.1) is 0 Å². The molecule has 18 aromatic carbocycles. The first-order valence-electron chi connectivity index (χ1n) is 35.5. The Labute approximate surface area is 608 Å². The van der Waals surface area contributed by atoms with Gasteiger partial charge in [-0.1, -0.05) is 315 Å². The molecule has 0 unspecified atom stereocenters. The molecule has 104 heavy (non-hydrogen) atoms. The summed E-state index contributed by atoms with van der Waals surface area (Å²) < 4.78 is 0. The first kappa shape index (κ1) is 63.6. The Morgan fingerprint density at radius 2 is 0.250 bits per heavy atom. The van der Waals surface area contributed by atoms with Gasteiger partial charge in [0, 0.05) is 67.0 Å². The van der Waals surface area contributed by atoms with Crippen molar-refractivity contribution in [3.8, 4) is 44.5 Å². The van der Waals surface area contributed by atoms with Gasteiger partial charge >= 0.3 is 0 Å². The van der Waals surface area contributed by atoms with Gasteiger partial charge in [0.05, 0.1) is 22.7 Å². The molecule has 0 saturated carbocycles. The summed E-state index contributed by atoms with van der Waals surface area (Å²) in [6.07, 6.45) is 0. The molecule has 0 aliphatic heterocycles. The van der Waals surface area contributed by atoms with E-state index in [2.05, 4.69) is 456 Å². The fourth-order valence-electron chi connectivity index (χ4n) is 14.6. The molecule has 18 aromatic rings. The van der Waals surface area contributed by atoms with E-state index in [1.165, 1.54) is 87.6 Å². The van der Waals surface area contributed by atoms with E-state index in [9.17, 15) is 0 Å². The number of anilines is 12. The van der Waals surface area contributed by atoms with Crippen molar-refractivity contribution in [2.45, 2.75) is 0 Å². The molecule has 492 valence electrons. The molecule has 0 aromatic heterocycles. The van der Waals surface area contributed by atoms with Crippen molar-refractivity contribution in [3.63, 3.8) is 0 Å². The molecular weight excluding hydrogens is 1260 g/mol. The van der Waals surface area contributed by atoms with Crippen molar-refractivity contribution in [2.24, 2.45) is 0 Å². The minimum Gasteiger partial charge on any atom is -0.310 e. The maximum Gasteiger partial charge on any atom is 0.0540 e. The summed E-state index contributed by atoms with van der Waals surface area (Å²) in [7, 11) is 0. The highest BCUT2D eigenvalue weighted by atomic mass is 15.2. The minimum atomic E-state index is 1.12. The van der Waals surface area contributed by atoms with Crippen molar-refractivity contribution in [1.82, 2.24) is 0 Å².